The molecule has 2 aromatic rings. The number of benzene rings is 1. The van der Waals surface area contributed by atoms with Crippen molar-refractivity contribution in [2.75, 3.05) is 13.6 Å². The highest BCUT2D eigenvalue weighted by atomic mass is 127. The van der Waals surface area contributed by atoms with Crippen LogP contribution in [0, 0.1) is 13.8 Å². The Labute approximate surface area is 178 Å². The van der Waals surface area contributed by atoms with E-state index >= 15 is 0 Å². The molecule has 0 aliphatic carbocycles. The van der Waals surface area contributed by atoms with E-state index in [0.717, 1.165) is 23.2 Å². The molecule has 1 aromatic heterocycles. The van der Waals surface area contributed by atoms with Gasteiger partial charge in [-0.05, 0) is 31.5 Å². The SMILES string of the molecule is CN=C(NCc1c(C)nn(C)c1C)NCC(C)(C)c1ccc(Cl)cc1.I. The van der Waals surface area contributed by atoms with Gasteiger partial charge in [0.1, 0.15) is 0 Å². The largest absolute Gasteiger partial charge is 0.356 e. The molecule has 7 heteroatoms. The van der Waals surface area contributed by atoms with E-state index in [1.165, 1.54) is 16.8 Å². The second kappa shape index (κ2) is 9.60. The summed E-state index contributed by atoms with van der Waals surface area (Å²) in [6.45, 7) is 9.98. The lowest BCUT2D eigenvalue weighted by molar-refractivity contribution is 0.508. The van der Waals surface area contributed by atoms with E-state index in [-0.39, 0.29) is 29.4 Å². The minimum Gasteiger partial charge on any atom is -0.356 e. The van der Waals surface area contributed by atoms with Crippen LogP contribution in [0.4, 0.5) is 0 Å². The molecule has 0 saturated carbocycles. The standard InChI is InChI=1S/C19H28ClN5.HI/c1-13-17(14(2)25(6)24-13)11-22-18(21-5)23-12-19(3,4)15-7-9-16(20)10-8-15;/h7-10H,11-12H2,1-6H3,(H2,21,22,23);1H. The first-order valence-electron chi connectivity index (χ1n) is 8.44. The van der Waals surface area contributed by atoms with Gasteiger partial charge in [0.05, 0.1) is 5.69 Å². The maximum absolute atomic E-state index is 5.99. The van der Waals surface area contributed by atoms with Gasteiger partial charge in [-0.15, -0.1) is 24.0 Å². The topological polar surface area (TPSA) is 54.2 Å². The molecule has 2 N–H and O–H groups in total. The summed E-state index contributed by atoms with van der Waals surface area (Å²) in [6, 6.07) is 8.00. The molecule has 0 aliphatic rings. The Kier molecular flexibility index (Phi) is 8.40. The average molecular weight is 490 g/mol. The molecule has 0 bridgehead atoms. The highest BCUT2D eigenvalue weighted by molar-refractivity contribution is 14.0. The van der Waals surface area contributed by atoms with Crippen LogP contribution in [0.2, 0.25) is 5.02 Å². The van der Waals surface area contributed by atoms with E-state index in [1.54, 1.807) is 7.05 Å². The molecular formula is C19H29ClIN5. The zero-order valence-electron chi connectivity index (χ0n) is 16.4. The molecule has 2 rings (SSSR count). The van der Waals surface area contributed by atoms with E-state index in [2.05, 4.69) is 53.6 Å². The number of aromatic nitrogens is 2. The molecule has 0 unspecified atom stereocenters. The second-order valence-corrected chi connectivity index (χ2v) is 7.38. The second-order valence-electron chi connectivity index (χ2n) is 6.94. The zero-order chi connectivity index (χ0) is 18.6. The summed E-state index contributed by atoms with van der Waals surface area (Å²) in [7, 11) is 3.75. The van der Waals surface area contributed by atoms with Crippen molar-refractivity contribution in [3.05, 3.63) is 51.8 Å². The van der Waals surface area contributed by atoms with Crippen LogP contribution in [0.3, 0.4) is 0 Å². The van der Waals surface area contributed by atoms with Crippen LogP contribution < -0.4 is 10.6 Å². The number of nitrogens with zero attached hydrogens (tertiary/aromatic N) is 3. The average Bonchev–Trinajstić information content (AvgIpc) is 2.81. The lowest BCUT2D eigenvalue weighted by Gasteiger charge is -2.27. The van der Waals surface area contributed by atoms with Gasteiger partial charge in [0, 0.05) is 48.9 Å². The van der Waals surface area contributed by atoms with Crippen molar-refractivity contribution in [3.63, 3.8) is 0 Å². The molecule has 0 atom stereocenters. The van der Waals surface area contributed by atoms with E-state index in [0.29, 0.717) is 6.54 Å². The molecule has 26 heavy (non-hydrogen) atoms. The van der Waals surface area contributed by atoms with E-state index in [9.17, 15) is 0 Å². The van der Waals surface area contributed by atoms with Crippen LogP contribution >= 0.6 is 35.6 Å². The quantitative estimate of drug-likeness (QED) is 0.380. The van der Waals surface area contributed by atoms with E-state index in [1.807, 2.05) is 30.8 Å². The van der Waals surface area contributed by atoms with E-state index < -0.39 is 0 Å². The zero-order valence-corrected chi connectivity index (χ0v) is 19.4. The van der Waals surface area contributed by atoms with Crippen molar-refractivity contribution in [1.82, 2.24) is 20.4 Å². The predicted molar refractivity (Wildman–Crippen MR) is 121 cm³/mol. The third-order valence-corrected chi connectivity index (χ3v) is 4.89. The van der Waals surface area contributed by atoms with Gasteiger partial charge in [-0.1, -0.05) is 37.6 Å². The van der Waals surface area contributed by atoms with Crippen molar-refractivity contribution < 1.29 is 0 Å². The Morgan fingerprint density at radius 1 is 1.19 bits per heavy atom. The van der Waals surface area contributed by atoms with E-state index in [4.69, 9.17) is 11.6 Å². The number of nitrogens with one attached hydrogen (secondary N) is 2. The third kappa shape index (κ3) is 5.61. The van der Waals surface area contributed by atoms with Gasteiger partial charge < -0.3 is 10.6 Å². The fraction of sp³-hybridized carbons (Fsp3) is 0.474. The molecule has 0 radical (unpaired) electrons. The first kappa shape index (κ1) is 22.8. The number of rotatable bonds is 5. The van der Waals surface area contributed by atoms with Crippen LogP contribution in [0.5, 0.6) is 0 Å². The number of aryl methyl sites for hydroxylation is 2. The summed E-state index contributed by atoms with van der Waals surface area (Å²) in [4.78, 5) is 4.33. The predicted octanol–water partition coefficient (Wildman–Crippen LogP) is 3.95. The molecular weight excluding hydrogens is 461 g/mol. The molecule has 0 fully saturated rings. The molecule has 5 nitrogen and oxygen atoms in total. The molecule has 0 spiro atoms. The van der Waals surface area contributed by atoms with Crippen LogP contribution in [0.1, 0.15) is 36.4 Å². The Morgan fingerprint density at radius 3 is 2.31 bits per heavy atom. The summed E-state index contributed by atoms with van der Waals surface area (Å²) in [5.41, 5.74) is 4.62. The highest BCUT2D eigenvalue weighted by Crippen LogP contribution is 2.23. The van der Waals surface area contributed by atoms with Crippen molar-refractivity contribution in [1.29, 1.82) is 0 Å². The van der Waals surface area contributed by atoms with Crippen LogP contribution in [-0.2, 0) is 19.0 Å². The Morgan fingerprint density at radius 2 is 1.81 bits per heavy atom. The molecule has 0 aliphatic heterocycles. The lowest BCUT2D eigenvalue weighted by atomic mass is 9.85. The first-order chi connectivity index (χ1) is 11.7. The molecule has 1 aromatic carbocycles. The summed E-state index contributed by atoms with van der Waals surface area (Å²) >= 11 is 5.99. The van der Waals surface area contributed by atoms with Gasteiger partial charge in [0.25, 0.3) is 0 Å². The van der Waals surface area contributed by atoms with Crippen LogP contribution in [-0.4, -0.2) is 29.3 Å². The van der Waals surface area contributed by atoms with Gasteiger partial charge in [-0.3, -0.25) is 9.67 Å². The fourth-order valence-corrected chi connectivity index (χ4v) is 2.90. The minimum absolute atomic E-state index is 0. The van der Waals surface area contributed by atoms with Crippen LogP contribution in [0.25, 0.3) is 0 Å². The maximum atomic E-state index is 5.99. The van der Waals surface area contributed by atoms with Gasteiger partial charge in [0.15, 0.2) is 5.96 Å². The van der Waals surface area contributed by atoms with Crippen LogP contribution in [0.15, 0.2) is 29.3 Å². The molecule has 0 saturated heterocycles. The molecule has 0 amide bonds. The van der Waals surface area contributed by atoms with Gasteiger partial charge in [0.2, 0.25) is 0 Å². The molecule has 1 heterocycles. The number of halogens is 2. The van der Waals surface area contributed by atoms with Gasteiger partial charge in [-0.25, -0.2) is 0 Å². The Hall–Kier alpha value is -1.28. The maximum Gasteiger partial charge on any atom is 0.191 e. The number of guanidine groups is 1. The smallest absolute Gasteiger partial charge is 0.191 e. The number of hydrogen-bond donors (Lipinski definition) is 2. The minimum atomic E-state index is -0.0393. The first-order valence-corrected chi connectivity index (χ1v) is 8.82. The number of hydrogen-bond acceptors (Lipinski definition) is 2. The summed E-state index contributed by atoms with van der Waals surface area (Å²) in [6.07, 6.45) is 0. The summed E-state index contributed by atoms with van der Waals surface area (Å²) in [5, 5.41) is 12.0. The Balaban J connectivity index is 0.00000338. The normalized spacial score (nSPS) is 11.9. The Bertz CT molecular complexity index is 750. The molecule has 144 valence electrons. The van der Waals surface area contributed by atoms with Crippen molar-refractivity contribution in [2.45, 2.75) is 39.7 Å². The summed E-state index contributed by atoms with van der Waals surface area (Å²) in [5.74, 6) is 0.782. The van der Waals surface area contributed by atoms with Crippen molar-refractivity contribution in [3.8, 4) is 0 Å². The monoisotopic (exact) mass is 489 g/mol. The van der Waals surface area contributed by atoms with Crippen molar-refractivity contribution >= 4 is 41.5 Å². The lowest BCUT2D eigenvalue weighted by Crippen LogP contribution is -2.43. The highest BCUT2D eigenvalue weighted by Gasteiger charge is 2.21. The van der Waals surface area contributed by atoms with Gasteiger partial charge >= 0.3 is 0 Å². The van der Waals surface area contributed by atoms with Crippen molar-refractivity contribution in [2.24, 2.45) is 12.0 Å². The third-order valence-electron chi connectivity index (χ3n) is 4.64. The number of aliphatic imine (C=N–C) groups is 1. The summed E-state index contributed by atoms with van der Waals surface area (Å²) < 4.78 is 1.91. The fourth-order valence-electron chi connectivity index (χ4n) is 2.77. The van der Waals surface area contributed by atoms with Gasteiger partial charge in [-0.2, -0.15) is 5.10 Å².